The molecule has 1 aromatic carbocycles. The van der Waals surface area contributed by atoms with Crippen LogP contribution in [0.3, 0.4) is 0 Å². The molecule has 0 radical (unpaired) electrons. The molecule has 3 aromatic heterocycles. The SMILES string of the molecule is C[C@@H](Sc1ncnc2sc3c(c12)CCCC3)c1nnc(-c2ccc(F)cc2)o1. The van der Waals surface area contributed by atoms with Crippen molar-refractivity contribution < 1.29 is 8.81 Å². The van der Waals surface area contributed by atoms with Gasteiger partial charge in [0.2, 0.25) is 11.8 Å². The first-order valence-corrected chi connectivity index (χ1v) is 10.9. The predicted octanol–water partition coefficient (Wildman–Crippen LogP) is 5.61. The van der Waals surface area contributed by atoms with Crippen LogP contribution in [0.5, 0.6) is 0 Å². The van der Waals surface area contributed by atoms with Crippen molar-refractivity contribution in [3.05, 3.63) is 52.7 Å². The first kappa shape index (κ1) is 17.8. The Morgan fingerprint density at radius 1 is 1.11 bits per heavy atom. The third kappa shape index (κ3) is 3.20. The molecule has 0 aliphatic heterocycles. The van der Waals surface area contributed by atoms with Crippen LogP contribution in [0.2, 0.25) is 0 Å². The molecule has 0 saturated heterocycles. The summed E-state index contributed by atoms with van der Waals surface area (Å²) < 4.78 is 19.0. The summed E-state index contributed by atoms with van der Waals surface area (Å²) in [5, 5.41) is 10.4. The van der Waals surface area contributed by atoms with E-state index in [0.717, 1.165) is 22.7 Å². The lowest BCUT2D eigenvalue weighted by atomic mass is 9.97. The number of hydrogen-bond donors (Lipinski definition) is 0. The van der Waals surface area contributed by atoms with Gasteiger partial charge in [-0.1, -0.05) is 11.8 Å². The van der Waals surface area contributed by atoms with Gasteiger partial charge >= 0.3 is 0 Å². The topological polar surface area (TPSA) is 64.7 Å². The summed E-state index contributed by atoms with van der Waals surface area (Å²) in [6, 6.07) is 6.04. The Hall–Kier alpha value is -2.32. The van der Waals surface area contributed by atoms with Gasteiger partial charge in [-0.05, 0) is 62.4 Å². The van der Waals surface area contributed by atoms with E-state index in [1.807, 2.05) is 6.92 Å². The molecule has 0 fully saturated rings. The first-order valence-electron chi connectivity index (χ1n) is 9.20. The van der Waals surface area contributed by atoms with Gasteiger partial charge in [-0.2, -0.15) is 0 Å². The van der Waals surface area contributed by atoms with Crippen molar-refractivity contribution in [2.24, 2.45) is 0 Å². The lowest BCUT2D eigenvalue weighted by Crippen LogP contribution is -1.99. The molecule has 0 spiro atoms. The number of rotatable bonds is 4. The van der Waals surface area contributed by atoms with Crippen molar-refractivity contribution in [3.63, 3.8) is 0 Å². The van der Waals surface area contributed by atoms with Gasteiger partial charge in [-0.25, -0.2) is 14.4 Å². The van der Waals surface area contributed by atoms with Crippen molar-refractivity contribution in [3.8, 4) is 11.5 Å². The quantitative estimate of drug-likeness (QED) is 0.320. The highest BCUT2D eigenvalue weighted by Gasteiger charge is 2.23. The number of hydrogen-bond acceptors (Lipinski definition) is 7. The standard InChI is InChI=1S/C20H17FN4OS2/c1-11(17-24-25-18(26-17)12-6-8-13(21)9-7-12)27-19-16-14-4-2-3-5-15(14)28-20(16)23-10-22-19/h6-11H,2-5H2,1H3/t11-/m1/s1. The smallest absolute Gasteiger partial charge is 0.247 e. The normalized spacial score (nSPS) is 14.9. The number of halogens is 1. The maximum absolute atomic E-state index is 13.1. The Labute approximate surface area is 169 Å². The molecule has 0 bridgehead atoms. The van der Waals surface area contributed by atoms with E-state index in [0.29, 0.717) is 17.3 Å². The van der Waals surface area contributed by atoms with Gasteiger partial charge in [0.15, 0.2) is 0 Å². The molecule has 8 heteroatoms. The van der Waals surface area contributed by atoms with E-state index in [9.17, 15) is 4.39 Å². The molecular weight excluding hydrogens is 395 g/mol. The number of aryl methyl sites for hydroxylation is 2. The van der Waals surface area contributed by atoms with Crippen LogP contribution in [-0.2, 0) is 12.8 Å². The zero-order valence-corrected chi connectivity index (χ0v) is 16.8. The summed E-state index contributed by atoms with van der Waals surface area (Å²) in [6.07, 6.45) is 6.34. The van der Waals surface area contributed by atoms with Gasteiger partial charge in [0.05, 0.1) is 5.25 Å². The van der Waals surface area contributed by atoms with Crippen LogP contribution in [0.15, 0.2) is 40.0 Å². The van der Waals surface area contributed by atoms with Crippen molar-refractivity contribution in [2.45, 2.75) is 42.9 Å². The van der Waals surface area contributed by atoms with E-state index in [-0.39, 0.29) is 11.1 Å². The van der Waals surface area contributed by atoms with Crippen molar-refractivity contribution in [1.82, 2.24) is 20.2 Å². The van der Waals surface area contributed by atoms with E-state index in [1.165, 1.54) is 40.8 Å². The van der Waals surface area contributed by atoms with Crippen molar-refractivity contribution >= 4 is 33.3 Å². The molecule has 0 saturated carbocycles. The average Bonchev–Trinajstić information content (AvgIpc) is 3.34. The lowest BCUT2D eigenvalue weighted by Gasteiger charge is -2.12. The Morgan fingerprint density at radius 2 is 1.93 bits per heavy atom. The second-order valence-electron chi connectivity index (χ2n) is 6.78. The highest BCUT2D eigenvalue weighted by Crippen LogP contribution is 2.43. The highest BCUT2D eigenvalue weighted by atomic mass is 32.2. The van der Waals surface area contributed by atoms with Crippen molar-refractivity contribution in [1.29, 1.82) is 0 Å². The molecular formula is C20H17FN4OS2. The van der Waals surface area contributed by atoms with Gasteiger partial charge in [-0.3, -0.25) is 0 Å². The average molecular weight is 413 g/mol. The van der Waals surface area contributed by atoms with Crippen LogP contribution in [0.1, 0.15) is 41.3 Å². The Bertz CT molecular complexity index is 1140. The number of fused-ring (bicyclic) bond motifs is 3. The van der Waals surface area contributed by atoms with Crippen LogP contribution in [0.25, 0.3) is 21.7 Å². The van der Waals surface area contributed by atoms with E-state index >= 15 is 0 Å². The van der Waals surface area contributed by atoms with Crippen LogP contribution in [0, 0.1) is 5.82 Å². The zero-order chi connectivity index (χ0) is 19.1. The van der Waals surface area contributed by atoms with Gasteiger partial charge in [0, 0.05) is 15.8 Å². The second kappa shape index (κ2) is 7.25. The fourth-order valence-electron chi connectivity index (χ4n) is 3.48. The molecule has 28 heavy (non-hydrogen) atoms. The second-order valence-corrected chi connectivity index (χ2v) is 9.20. The maximum Gasteiger partial charge on any atom is 0.247 e. The van der Waals surface area contributed by atoms with E-state index in [4.69, 9.17) is 4.42 Å². The fourth-order valence-corrected chi connectivity index (χ4v) is 5.75. The highest BCUT2D eigenvalue weighted by molar-refractivity contribution is 7.99. The number of thiophene rings is 1. The summed E-state index contributed by atoms with van der Waals surface area (Å²) in [4.78, 5) is 11.6. The molecule has 3 heterocycles. The largest absolute Gasteiger partial charge is 0.419 e. The maximum atomic E-state index is 13.1. The molecule has 142 valence electrons. The molecule has 1 aliphatic rings. The monoisotopic (exact) mass is 412 g/mol. The fraction of sp³-hybridized carbons (Fsp3) is 0.300. The summed E-state index contributed by atoms with van der Waals surface area (Å²) in [5.74, 6) is 0.627. The van der Waals surface area contributed by atoms with Gasteiger partial charge < -0.3 is 4.42 Å². The number of benzene rings is 1. The minimum absolute atomic E-state index is 0.0565. The Kier molecular flexibility index (Phi) is 4.60. The van der Waals surface area contributed by atoms with Crippen LogP contribution >= 0.6 is 23.1 Å². The molecule has 0 N–H and O–H groups in total. The van der Waals surface area contributed by atoms with Gasteiger partial charge in [0.1, 0.15) is 22.0 Å². The summed E-state index contributed by atoms with van der Waals surface area (Å²) in [7, 11) is 0. The molecule has 0 amide bonds. The zero-order valence-electron chi connectivity index (χ0n) is 15.2. The Balaban J connectivity index is 1.44. The van der Waals surface area contributed by atoms with E-state index in [2.05, 4.69) is 20.2 Å². The Morgan fingerprint density at radius 3 is 2.79 bits per heavy atom. The molecule has 0 unspecified atom stereocenters. The summed E-state index contributed by atoms with van der Waals surface area (Å²) in [5.41, 5.74) is 2.12. The number of nitrogens with zero attached hydrogens (tertiary/aromatic N) is 4. The minimum Gasteiger partial charge on any atom is -0.419 e. The van der Waals surface area contributed by atoms with Crippen LogP contribution < -0.4 is 0 Å². The van der Waals surface area contributed by atoms with E-state index < -0.39 is 0 Å². The molecule has 5 nitrogen and oxygen atoms in total. The summed E-state index contributed by atoms with van der Waals surface area (Å²) in [6.45, 7) is 2.03. The third-order valence-corrected chi connectivity index (χ3v) is 7.17. The molecule has 5 rings (SSSR count). The van der Waals surface area contributed by atoms with Crippen molar-refractivity contribution in [2.75, 3.05) is 0 Å². The van der Waals surface area contributed by atoms with E-state index in [1.54, 1.807) is 41.6 Å². The molecule has 1 aliphatic carbocycles. The van der Waals surface area contributed by atoms with Gasteiger partial charge in [-0.15, -0.1) is 21.5 Å². The lowest BCUT2D eigenvalue weighted by molar-refractivity contribution is 0.509. The number of aromatic nitrogens is 4. The predicted molar refractivity (Wildman–Crippen MR) is 108 cm³/mol. The van der Waals surface area contributed by atoms with Crippen LogP contribution in [0.4, 0.5) is 4.39 Å². The number of thioether (sulfide) groups is 1. The van der Waals surface area contributed by atoms with Crippen LogP contribution in [-0.4, -0.2) is 20.2 Å². The minimum atomic E-state index is -0.292. The summed E-state index contributed by atoms with van der Waals surface area (Å²) >= 11 is 3.41. The molecule has 4 aromatic rings. The third-order valence-electron chi connectivity index (χ3n) is 4.88. The first-order chi connectivity index (χ1) is 13.7. The molecule has 1 atom stereocenters. The van der Waals surface area contributed by atoms with Gasteiger partial charge in [0.25, 0.3) is 0 Å².